The van der Waals surface area contributed by atoms with E-state index in [4.69, 9.17) is 0 Å². The van der Waals surface area contributed by atoms with E-state index in [2.05, 4.69) is 10.1 Å². The standard InChI is InChI=1S/C18H24FN5O2/c1-22-8-9-23(11-18(26,10-22)12-24-14-20-13-21-24)17(25)7-4-15-2-5-16(19)6-3-15/h2-3,5-6,13-14,26H,4,7-12H2,1H3. The minimum atomic E-state index is -1.09. The molecule has 1 amide bonds. The molecule has 0 radical (unpaired) electrons. The Morgan fingerprint density at radius 1 is 1.27 bits per heavy atom. The number of carbonyl (C=O) groups is 1. The zero-order valence-electron chi connectivity index (χ0n) is 14.9. The lowest BCUT2D eigenvalue weighted by Crippen LogP contribution is -2.50. The fourth-order valence-electron chi connectivity index (χ4n) is 3.35. The molecule has 1 atom stereocenters. The maximum Gasteiger partial charge on any atom is 0.223 e. The second kappa shape index (κ2) is 7.92. The van der Waals surface area contributed by atoms with Crippen molar-refractivity contribution in [2.75, 3.05) is 33.2 Å². The number of hydrogen-bond donors (Lipinski definition) is 1. The summed E-state index contributed by atoms with van der Waals surface area (Å²) in [5.41, 5.74) is -0.172. The number of amides is 1. The van der Waals surface area contributed by atoms with Crippen LogP contribution in [0.5, 0.6) is 0 Å². The first kappa shape index (κ1) is 18.5. The van der Waals surface area contributed by atoms with Crippen LogP contribution in [0.4, 0.5) is 4.39 Å². The van der Waals surface area contributed by atoms with Gasteiger partial charge in [-0.15, -0.1) is 0 Å². The third kappa shape index (κ3) is 4.86. The van der Waals surface area contributed by atoms with Crippen molar-refractivity contribution in [3.05, 3.63) is 48.3 Å². The SMILES string of the molecule is CN1CCN(C(=O)CCc2ccc(F)cc2)CC(O)(Cn2cncn2)C1. The zero-order valence-corrected chi connectivity index (χ0v) is 14.9. The van der Waals surface area contributed by atoms with Crippen LogP contribution in [0.2, 0.25) is 0 Å². The molecule has 26 heavy (non-hydrogen) atoms. The highest BCUT2D eigenvalue weighted by molar-refractivity contribution is 5.76. The molecular weight excluding hydrogens is 337 g/mol. The number of halogens is 1. The second-order valence-corrected chi connectivity index (χ2v) is 7.00. The maximum absolute atomic E-state index is 13.0. The van der Waals surface area contributed by atoms with Crippen molar-refractivity contribution < 1.29 is 14.3 Å². The van der Waals surface area contributed by atoms with E-state index >= 15 is 0 Å². The highest BCUT2D eigenvalue weighted by atomic mass is 19.1. The van der Waals surface area contributed by atoms with Gasteiger partial charge in [0.05, 0.1) is 13.1 Å². The van der Waals surface area contributed by atoms with E-state index in [9.17, 15) is 14.3 Å². The summed E-state index contributed by atoms with van der Waals surface area (Å²) in [5, 5.41) is 15.1. The molecule has 1 fully saturated rings. The van der Waals surface area contributed by atoms with Gasteiger partial charge in [0.1, 0.15) is 24.1 Å². The Labute approximate surface area is 152 Å². The molecule has 1 aliphatic rings. The van der Waals surface area contributed by atoms with Gasteiger partial charge in [0, 0.05) is 26.1 Å². The lowest BCUT2D eigenvalue weighted by atomic mass is 10.0. The fourth-order valence-corrected chi connectivity index (χ4v) is 3.35. The normalized spacial score (nSPS) is 21.6. The van der Waals surface area contributed by atoms with Crippen molar-refractivity contribution >= 4 is 5.91 Å². The molecule has 140 valence electrons. The van der Waals surface area contributed by atoms with E-state index in [0.29, 0.717) is 32.5 Å². The van der Waals surface area contributed by atoms with Crippen LogP contribution in [0.3, 0.4) is 0 Å². The summed E-state index contributed by atoms with van der Waals surface area (Å²) in [7, 11) is 1.93. The molecule has 1 aromatic heterocycles. The lowest BCUT2D eigenvalue weighted by molar-refractivity contribution is -0.134. The molecule has 1 N–H and O–H groups in total. The Hall–Kier alpha value is -2.32. The van der Waals surface area contributed by atoms with Gasteiger partial charge in [-0.05, 0) is 31.2 Å². The average molecular weight is 361 g/mol. The zero-order chi connectivity index (χ0) is 18.6. The van der Waals surface area contributed by atoms with Gasteiger partial charge in [-0.2, -0.15) is 5.10 Å². The molecule has 1 saturated heterocycles. The third-order valence-corrected chi connectivity index (χ3v) is 4.62. The Morgan fingerprint density at radius 3 is 2.73 bits per heavy atom. The molecule has 2 aromatic rings. The van der Waals surface area contributed by atoms with Crippen LogP contribution in [0.15, 0.2) is 36.9 Å². The van der Waals surface area contributed by atoms with Crippen LogP contribution in [0.25, 0.3) is 0 Å². The third-order valence-electron chi connectivity index (χ3n) is 4.62. The molecule has 1 aliphatic heterocycles. The largest absolute Gasteiger partial charge is 0.385 e. The maximum atomic E-state index is 13.0. The number of aliphatic hydroxyl groups is 1. The molecule has 7 nitrogen and oxygen atoms in total. The van der Waals surface area contributed by atoms with Crippen molar-refractivity contribution in [1.82, 2.24) is 24.6 Å². The van der Waals surface area contributed by atoms with Gasteiger partial charge in [-0.3, -0.25) is 4.79 Å². The smallest absolute Gasteiger partial charge is 0.223 e. The molecule has 0 saturated carbocycles. The Bertz CT molecular complexity index is 722. The molecule has 0 bridgehead atoms. The van der Waals surface area contributed by atoms with Gasteiger partial charge in [-0.25, -0.2) is 14.1 Å². The Kier molecular flexibility index (Phi) is 5.63. The van der Waals surface area contributed by atoms with E-state index in [0.717, 1.165) is 5.56 Å². The number of benzene rings is 1. The first-order chi connectivity index (χ1) is 12.4. The minimum Gasteiger partial charge on any atom is -0.385 e. The van der Waals surface area contributed by atoms with Crippen LogP contribution >= 0.6 is 0 Å². The van der Waals surface area contributed by atoms with Crippen molar-refractivity contribution in [1.29, 1.82) is 0 Å². The summed E-state index contributed by atoms with van der Waals surface area (Å²) in [5.74, 6) is -0.296. The predicted octanol–water partition coefficient (Wildman–Crippen LogP) is 0.555. The minimum absolute atomic E-state index is 0.0124. The molecule has 1 unspecified atom stereocenters. The first-order valence-electron chi connectivity index (χ1n) is 8.69. The van der Waals surface area contributed by atoms with Crippen LogP contribution in [0, 0.1) is 5.82 Å². The molecule has 3 rings (SSSR count). The number of nitrogens with zero attached hydrogens (tertiary/aromatic N) is 5. The van der Waals surface area contributed by atoms with Crippen LogP contribution < -0.4 is 0 Å². The van der Waals surface area contributed by atoms with E-state index in [1.165, 1.54) is 18.5 Å². The van der Waals surface area contributed by atoms with E-state index in [-0.39, 0.29) is 24.8 Å². The first-order valence-corrected chi connectivity index (χ1v) is 8.69. The summed E-state index contributed by atoms with van der Waals surface area (Å²) in [6.07, 6.45) is 3.86. The number of aryl methyl sites for hydroxylation is 1. The molecule has 0 aliphatic carbocycles. The highest BCUT2D eigenvalue weighted by Gasteiger charge is 2.36. The molecule has 1 aromatic carbocycles. The monoisotopic (exact) mass is 361 g/mol. The molecule has 2 heterocycles. The average Bonchev–Trinajstić information content (AvgIpc) is 3.04. The van der Waals surface area contributed by atoms with Gasteiger partial charge < -0.3 is 14.9 Å². The van der Waals surface area contributed by atoms with Crippen LogP contribution in [0.1, 0.15) is 12.0 Å². The van der Waals surface area contributed by atoms with Gasteiger partial charge in [0.2, 0.25) is 5.91 Å². The van der Waals surface area contributed by atoms with Crippen molar-refractivity contribution in [3.63, 3.8) is 0 Å². The number of hydrogen-bond acceptors (Lipinski definition) is 5. The summed E-state index contributed by atoms with van der Waals surface area (Å²) in [4.78, 5) is 20.3. The van der Waals surface area contributed by atoms with Crippen LogP contribution in [-0.4, -0.2) is 74.4 Å². The number of rotatable bonds is 5. The fraction of sp³-hybridized carbons (Fsp3) is 0.500. The van der Waals surface area contributed by atoms with Gasteiger partial charge in [0.15, 0.2) is 0 Å². The van der Waals surface area contributed by atoms with E-state index in [1.54, 1.807) is 28.0 Å². The topological polar surface area (TPSA) is 74.5 Å². The molecule has 0 spiro atoms. The second-order valence-electron chi connectivity index (χ2n) is 7.00. The molecule has 8 heteroatoms. The van der Waals surface area contributed by atoms with E-state index < -0.39 is 5.60 Å². The van der Waals surface area contributed by atoms with Crippen LogP contribution in [-0.2, 0) is 17.8 Å². The van der Waals surface area contributed by atoms with Crippen molar-refractivity contribution in [2.24, 2.45) is 0 Å². The highest BCUT2D eigenvalue weighted by Crippen LogP contribution is 2.17. The summed E-state index contributed by atoms with van der Waals surface area (Å²) in [6, 6.07) is 6.19. The summed E-state index contributed by atoms with van der Waals surface area (Å²) < 4.78 is 14.6. The number of carbonyl (C=O) groups excluding carboxylic acids is 1. The number of aromatic nitrogens is 3. The Balaban J connectivity index is 1.63. The van der Waals surface area contributed by atoms with Gasteiger partial charge >= 0.3 is 0 Å². The van der Waals surface area contributed by atoms with E-state index in [1.807, 2.05) is 11.9 Å². The van der Waals surface area contributed by atoms with Crippen molar-refractivity contribution in [3.8, 4) is 0 Å². The van der Waals surface area contributed by atoms with Gasteiger partial charge in [0.25, 0.3) is 0 Å². The quantitative estimate of drug-likeness (QED) is 0.842. The summed E-state index contributed by atoms with van der Waals surface area (Å²) >= 11 is 0. The molecular formula is C18H24FN5O2. The lowest BCUT2D eigenvalue weighted by Gasteiger charge is -2.32. The number of β-amino-alcohol motifs (C(OH)–C–C–N with tert-alkyl or cyclic N) is 1. The Morgan fingerprint density at radius 2 is 2.04 bits per heavy atom. The predicted molar refractivity (Wildman–Crippen MR) is 93.8 cm³/mol. The number of likely N-dealkylation sites (N-methyl/N-ethyl adjacent to an activating group) is 1. The van der Waals surface area contributed by atoms with Crippen molar-refractivity contribution in [2.45, 2.75) is 25.0 Å². The summed E-state index contributed by atoms with van der Waals surface area (Å²) in [6.45, 7) is 2.24. The van der Waals surface area contributed by atoms with Gasteiger partial charge in [-0.1, -0.05) is 12.1 Å².